The zero-order chi connectivity index (χ0) is 115. The van der Waals surface area contributed by atoms with Crippen LogP contribution in [0.25, 0.3) is 89.2 Å². The Kier molecular flexibility index (Phi) is 22.9. The molecule has 0 amide bonds. The lowest BCUT2D eigenvalue weighted by Gasteiger charge is -2.35. The Hall–Kier alpha value is -15.0. The van der Waals surface area contributed by atoms with Crippen LogP contribution in [0.5, 0.6) is 0 Å². The summed E-state index contributed by atoms with van der Waals surface area (Å²) in [7, 11) is 6.06. The molecule has 0 atom stereocenters. The van der Waals surface area contributed by atoms with Gasteiger partial charge in [0.25, 0.3) is 0 Å². The summed E-state index contributed by atoms with van der Waals surface area (Å²) in [5.41, 5.74) is 53.9. The normalized spacial score (nSPS) is 14.0. The summed E-state index contributed by atoms with van der Waals surface area (Å²) >= 11 is 0. The van der Waals surface area contributed by atoms with Gasteiger partial charge in [0.1, 0.15) is 27.0 Å². The predicted molar refractivity (Wildman–Crippen MR) is 642 cm³/mol. The largest absolute Gasteiger partial charge is 0.437 e. The number of hydrogen-bond donors (Lipinski definition) is 0. The topological polar surface area (TPSA) is 50.6 Å². The highest BCUT2D eigenvalue weighted by molar-refractivity contribution is 7.13. The zero-order valence-corrected chi connectivity index (χ0v) is 90.2. The Morgan fingerprint density at radius 2 is 0.617 bits per heavy atom. The van der Waals surface area contributed by atoms with Crippen LogP contribution in [0.4, 0.5) is 0 Å². The van der Waals surface area contributed by atoms with Crippen LogP contribution in [0.3, 0.4) is 0 Å². The summed E-state index contributed by atoms with van der Waals surface area (Å²) in [6, 6.07) is 105. The van der Waals surface area contributed by atoms with Gasteiger partial charge in [0.2, 0.25) is 63.1 Å². The van der Waals surface area contributed by atoms with Gasteiger partial charge in [-0.2, -0.15) is 4.98 Å². The minimum atomic E-state index is -2.83. The molecule has 12 heteroatoms. The number of fused-ring (bicyclic) bond motifs is 9. The van der Waals surface area contributed by atoms with Crippen LogP contribution in [0.1, 0.15) is 160 Å². The first-order valence-electron chi connectivity index (χ1n) is 58.4. The molecule has 0 spiro atoms. The van der Waals surface area contributed by atoms with Crippen LogP contribution in [-0.2, 0) is 26.6 Å². The fraction of sp³-hybridized carbons (Fsp3) is 0.204. The molecular formula is C137H134B6N5O+3. The molecule has 0 aliphatic carbocycles. The molecule has 0 saturated heterocycles. The molecule has 5 aromatic heterocycles. The molecule has 0 saturated carbocycles. The van der Waals surface area contributed by atoms with E-state index < -0.39 is 40.8 Å². The third-order valence-electron chi connectivity index (χ3n) is 33.1. The van der Waals surface area contributed by atoms with Gasteiger partial charge in [-0.3, -0.25) is 0 Å². The van der Waals surface area contributed by atoms with Gasteiger partial charge in [-0.25, -0.2) is 18.7 Å². The molecule has 20 aromatic rings. The summed E-state index contributed by atoms with van der Waals surface area (Å²) in [6.45, 7) is 32.1. The van der Waals surface area contributed by atoms with Crippen LogP contribution in [-0.4, -0.2) is 50.2 Å². The SMILES string of the molecule is Cc1cc(C(C)(C)C)cc(-c2cc(-c3ccc4c(c3)B(c3c(C)cccc3C)c3ccccc3B4c3c(C)cccc3C)cc[n+]2C)c1C.Cc1cc(C)c(C)c(-c2cc(-c3ccc4c(c3)B(c3c(C)cccc3C)c3ccccc3B4c3c(C)cccc3C)cc[n+]2C)c1.[2H]C([2H])([2H])c1cc2c(cc1-c1cc(-c3c(C)ccc4c3oc3nc(C)ncc34)[n+](C)cc1C([2H])([2H])[2H])B(c1c(C)cccc1C([2H])([2H])[2H])c1ccccc1B2c1c(C)cccc1C([2H])([2H])[2H]. The lowest BCUT2D eigenvalue weighted by Crippen LogP contribution is -2.76. The summed E-state index contributed by atoms with van der Waals surface area (Å²) in [6.07, 6.45) is 7.66. The maximum atomic E-state index is 9.15. The Balaban J connectivity index is 0.000000142. The first-order valence-corrected chi connectivity index (χ1v) is 52.4. The minimum absolute atomic E-state index is 0.0763. The number of furan rings is 1. The Morgan fingerprint density at radius 1 is 0.268 bits per heavy atom. The third kappa shape index (κ3) is 17.8. The fourth-order valence-electron chi connectivity index (χ4n) is 25.3. The maximum Gasteiger partial charge on any atom is 0.240 e. The van der Waals surface area contributed by atoms with Crippen molar-refractivity contribution in [3.63, 3.8) is 0 Å². The van der Waals surface area contributed by atoms with Gasteiger partial charge in [-0.1, -0.05) is 446 Å². The van der Waals surface area contributed by atoms with E-state index in [1.807, 2.05) is 69.3 Å². The molecule has 8 heterocycles. The Bertz CT molecular complexity index is 9320. The molecule has 0 N–H and O–H groups in total. The van der Waals surface area contributed by atoms with E-state index in [-0.39, 0.29) is 65.6 Å². The monoisotopic (exact) mass is 1940 g/mol. The molecule has 3 aliphatic heterocycles. The summed E-state index contributed by atoms with van der Waals surface area (Å²) in [4.78, 5) is 8.92. The van der Waals surface area contributed by atoms with Crippen LogP contribution >= 0.6 is 0 Å². The van der Waals surface area contributed by atoms with Crippen molar-refractivity contribution in [2.75, 3.05) is 0 Å². The molecule has 3 aliphatic rings. The molecular weight excluding hydrogens is 1800 g/mol. The van der Waals surface area contributed by atoms with Crippen LogP contribution in [0.2, 0.25) is 0 Å². The Morgan fingerprint density at radius 3 is 1.02 bits per heavy atom. The number of pyridine rings is 3. The molecule has 6 nitrogen and oxygen atoms in total. The van der Waals surface area contributed by atoms with E-state index in [0.29, 0.717) is 77.7 Å². The predicted octanol–water partition coefficient (Wildman–Crippen LogP) is 18.0. The van der Waals surface area contributed by atoms with Crippen molar-refractivity contribution in [1.82, 2.24) is 9.97 Å². The lowest BCUT2D eigenvalue weighted by atomic mass is 9.20. The zero-order valence-electron chi connectivity index (χ0n) is 102. The molecule has 15 aromatic carbocycles. The van der Waals surface area contributed by atoms with Gasteiger partial charge in [-0.05, 0) is 235 Å². The van der Waals surface area contributed by atoms with Gasteiger partial charge >= 0.3 is 0 Å². The molecule has 149 heavy (non-hydrogen) atoms. The van der Waals surface area contributed by atoms with E-state index in [9.17, 15) is 0 Å². The van der Waals surface area contributed by atoms with E-state index in [4.69, 9.17) is 20.9 Å². The highest BCUT2D eigenvalue weighted by atomic mass is 16.3. The van der Waals surface area contributed by atoms with E-state index in [0.717, 1.165) is 10.9 Å². The van der Waals surface area contributed by atoms with E-state index in [1.54, 1.807) is 67.2 Å². The molecule has 23 rings (SSSR count). The fourth-order valence-corrected chi connectivity index (χ4v) is 25.3. The highest BCUT2D eigenvalue weighted by Crippen LogP contribution is 2.40. The Labute approximate surface area is 903 Å². The van der Waals surface area contributed by atoms with Crippen LogP contribution in [0.15, 0.2) is 326 Å². The second-order valence-electron chi connectivity index (χ2n) is 43.8. The molecule has 728 valence electrons. The van der Waals surface area contributed by atoms with Gasteiger partial charge in [0.15, 0.2) is 24.2 Å². The van der Waals surface area contributed by atoms with Crippen molar-refractivity contribution >= 4 is 161 Å². The highest BCUT2D eigenvalue weighted by Gasteiger charge is 2.46. The average Bonchev–Trinajstić information content (AvgIpc) is 1.06. The summed E-state index contributed by atoms with van der Waals surface area (Å²) in [5.74, 6) is 0.524. The van der Waals surface area contributed by atoms with Crippen molar-refractivity contribution in [2.45, 2.75) is 171 Å². The number of nitrogens with zero attached hydrogens (tertiary/aromatic N) is 5. The summed E-state index contributed by atoms with van der Waals surface area (Å²) in [5, 5.41) is 1.44. The van der Waals surface area contributed by atoms with E-state index >= 15 is 0 Å². The number of rotatable bonds is 12. The van der Waals surface area contributed by atoms with Gasteiger partial charge < -0.3 is 4.42 Å². The quantitative estimate of drug-likeness (QED) is 0.0905. The van der Waals surface area contributed by atoms with Gasteiger partial charge in [0.05, 0.1) is 10.9 Å². The summed E-state index contributed by atoms with van der Waals surface area (Å²) < 4.78 is 119. The van der Waals surface area contributed by atoms with E-state index in [1.165, 1.54) is 194 Å². The van der Waals surface area contributed by atoms with Crippen molar-refractivity contribution in [3.05, 3.63) is 445 Å². The van der Waals surface area contributed by atoms with Crippen molar-refractivity contribution in [2.24, 2.45) is 21.1 Å². The molecule has 0 radical (unpaired) electrons. The first kappa shape index (κ1) is 86.0. The van der Waals surface area contributed by atoms with Crippen LogP contribution in [0, 0.1) is 145 Å². The lowest BCUT2D eigenvalue weighted by molar-refractivity contribution is -0.660. The molecule has 0 bridgehead atoms. The minimum Gasteiger partial charge on any atom is -0.437 e. The standard InChI is InChI=1S/C48H44B2N3O.C46H48B2N.C43H42B2N/c1-27-20-21-35-38-25-51-34(8)52-48(38)54-47(35)44(27)43-24-37(33(7)26-53(43)9)36-23-42-41(22-32(36)6)49(45-28(2)14-12-15-29(45)3)39-18-10-11-19-40(39)50(42)46-30(4)16-13-17-31(46)5;1-29-15-13-16-30(2)44(29)47-39-19-11-12-20-40(39)48(45-31(3)17-14-18-32(45)4)42-26-35(21-22-41(42)47)36-23-24-49(10)43(27-36)38-28-37(46(7,8)9)25-33(5)34(38)6;1-27-23-32(6)33(7)36(24-27)41-26-35(21-22-46(41)8)34-19-20-39-40(25-34)45(43-30(4)15-12-16-31(43)5)38-18-10-9-17-37(38)44(39)42-28(2)13-11-14-29(42)3/h10-26H,1-9H3;11-28H,1-10H3;9-26H,1-8H3/q3*+1/i2D3,4D3,6D3,7D3;;. The van der Waals surface area contributed by atoms with E-state index in [2.05, 4.69) is 363 Å². The van der Waals surface area contributed by atoms with Crippen molar-refractivity contribution < 1.29 is 34.6 Å². The van der Waals surface area contributed by atoms with Gasteiger partial charge in [-0.15, -0.1) is 0 Å². The number of aromatic nitrogens is 5. The number of benzene rings is 15. The third-order valence-corrected chi connectivity index (χ3v) is 33.1. The maximum absolute atomic E-state index is 9.15. The first-order chi connectivity index (χ1) is 76.3. The molecule has 0 unspecified atom stereocenters. The molecule has 0 fully saturated rings. The second-order valence-corrected chi connectivity index (χ2v) is 43.8. The average molecular weight is 1940 g/mol. The van der Waals surface area contributed by atoms with Crippen LogP contribution < -0.4 is 112 Å². The smallest absolute Gasteiger partial charge is 0.240 e. The number of aryl methyl sites for hydroxylation is 22. The van der Waals surface area contributed by atoms with Crippen molar-refractivity contribution in [3.8, 4) is 67.2 Å². The van der Waals surface area contributed by atoms with Gasteiger partial charge in [0, 0.05) is 75.1 Å². The van der Waals surface area contributed by atoms with Crippen molar-refractivity contribution in [1.29, 1.82) is 0 Å². The second kappa shape index (κ2) is 39.6. The number of hydrogen-bond acceptors (Lipinski definition) is 3.